The molecule has 3 aromatic carbocycles. The van der Waals surface area contributed by atoms with E-state index in [1.165, 1.54) is 19.2 Å². The minimum absolute atomic E-state index is 0.0832. The SMILES string of the molecule is COc1ccc(NC(=O)c2ccnc(-c3ccccc3)c2)cc1S(=O)(=O)Nc1c(C)cccc1C. The van der Waals surface area contributed by atoms with Crippen LogP contribution in [0.15, 0.2) is 90.0 Å². The molecule has 0 atom stereocenters. The number of nitrogens with one attached hydrogen (secondary N) is 2. The summed E-state index contributed by atoms with van der Waals surface area (Å²) < 4.78 is 34.5. The van der Waals surface area contributed by atoms with Crippen molar-refractivity contribution in [3.05, 3.63) is 102 Å². The second kappa shape index (κ2) is 9.99. The average Bonchev–Trinajstić information content (AvgIpc) is 2.87. The number of sulfonamides is 1. The van der Waals surface area contributed by atoms with Gasteiger partial charge >= 0.3 is 0 Å². The highest BCUT2D eigenvalue weighted by Crippen LogP contribution is 2.31. The van der Waals surface area contributed by atoms with E-state index < -0.39 is 10.0 Å². The number of benzene rings is 3. The molecule has 35 heavy (non-hydrogen) atoms. The van der Waals surface area contributed by atoms with Gasteiger partial charge in [-0.3, -0.25) is 14.5 Å². The molecule has 4 aromatic rings. The fourth-order valence-corrected chi connectivity index (χ4v) is 5.07. The fraction of sp³-hybridized carbons (Fsp3) is 0.111. The predicted octanol–water partition coefficient (Wildman–Crippen LogP) is 5.43. The monoisotopic (exact) mass is 487 g/mol. The third kappa shape index (κ3) is 5.33. The number of amides is 1. The van der Waals surface area contributed by atoms with Crippen molar-refractivity contribution in [3.63, 3.8) is 0 Å². The molecule has 0 aliphatic carbocycles. The van der Waals surface area contributed by atoms with E-state index in [0.29, 0.717) is 22.6 Å². The van der Waals surface area contributed by atoms with Crippen molar-refractivity contribution in [2.75, 3.05) is 17.1 Å². The van der Waals surface area contributed by atoms with E-state index in [0.717, 1.165) is 16.7 Å². The molecular formula is C27H25N3O4S. The lowest BCUT2D eigenvalue weighted by molar-refractivity contribution is 0.102. The molecule has 2 N–H and O–H groups in total. The minimum atomic E-state index is -4.00. The lowest BCUT2D eigenvalue weighted by Gasteiger charge is -2.16. The minimum Gasteiger partial charge on any atom is -0.495 e. The van der Waals surface area contributed by atoms with Gasteiger partial charge < -0.3 is 10.1 Å². The topological polar surface area (TPSA) is 97.4 Å². The number of para-hydroxylation sites is 1. The van der Waals surface area contributed by atoms with Crippen molar-refractivity contribution in [2.45, 2.75) is 18.7 Å². The number of anilines is 2. The van der Waals surface area contributed by atoms with Gasteiger partial charge in [-0.1, -0.05) is 48.5 Å². The predicted molar refractivity (Wildman–Crippen MR) is 137 cm³/mol. The van der Waals surface area contributed by atoms with Crippen molar-refractivity contribution in [1.29, 1.82) is 0 Å². The number of rotatable bonds is 7. The Hall–Kier alpha value is -4.17. The first kappa shape index (κ1) is 24.0. The summed E-state index contributed by atoms with van der Waals surface area (Å²) in [6, 6.07) is 22.8. The van der Waals surface area contributed by atoms with Crippen LogP contribution in [-0.4, -0.2) is 26.4 Å². The van der Waals surface area contributed by atoms with Gasteiger partial charge in [0.2, 0.25) is 0 Å². The van der Waals surface area contributed by atoms with Crippen molar-refractivity contribution >= 4 is 27.3 Å². The van der Waals surface area contributed by atoms with Crippen LogP contribution in [0.3, 0.4) is 0 Å². The lowest BCUT2D eigenvalue weighted by Crippen LogP contribution is -2.17. The standard InChI is InChI=1S/C27H25N3O4S/c1-18-8-7-9-19(2)26(18)30-35(32,33)25-17-22(12-13-24(25)34-3)29-27(31)21-14-15-28-23(16-21)20-10-5-4-6-11-20/h4-17,30H,1-3H3,(H,29,31). The zero-order chi connectivity index (χ0) is 25.0. The molecule has 0 saturated heterocycles. The Morgan fingerprint density at radius 1 is 0.886 bits per heavy atom. The highest BCUT2D eigenvalue weighted by molar-refractivity contribution is 7.92. The van der Waals surface area contributed by atoms with Gasteiger partial charge in [-0.2, -0.15) is 0 Å². The van der Waals surface area contributed by atoms with Gasteiger partial charge in [-0.05, 0) is 55.3 Å². The summed E-state index contributed by atoms with van der Waals surface area (Å²) in [5.41, 5.74) is 4.36. The van der Waals surface area contributed by atoms with Crippen LogP contribution in [0.4, 0.5) is 11.4 Å². The molecule has 0 aliphatic heterocycles. The summed E-state index contributed by atoms with van der Waals surface area (Å²) in [5, 5.41) is 2.77. The Morgan fingerprint density at radius 2 is 1.60 bits per heavy atom. The van der Waals surface area contributed by atoms with Crippen LogP contribution in [0.1, 0.15) is 21.5 Å². The highest BCUT2D eigenvalue weighted by Gasteiger charge is 2.22. The molecular weight excluding hydrogens is 462 g/mol. The van der Waals surface area contributed by atoms with E-state index in [1.807, 2.05) is 62.4 Å². The van der Waals surface area contributed by atoms with Crippen LogP contribution >= 0.6 is 0 Å². The summed E-state index contributed by atoms with van der Waals surface area (Å²) in [5.74, 6) is -0.224. The van der Waals surface area contributed by atoms with E-state index in [4.69, 9.17) is 4.74 Å². The highest BCUT2D eigenvalue weighted by atomic mass is 32.2. The van der Waals surface area contributed by atoms with Crippen LogP contribution in [0.5, 0.6) is 5.75 Å². The first-order valence-corrected chi connectivity index (χ1v) is 12.4. The van der Waals surface area contributed by atoms with Crippen LogP contribution < -0.4 is 14.8 Å². The summed E-state index contributed by atoms with van der Waals surface area (Å²) in [7, 11) is -2.61. The zero-order valence-corrected chi connectivity index (χ0v) is 20.4. The number of ether oxygens (including phenoxy) is 1. The molecule has 4 rings (SSSR count). The van der Waals surface area contributed by atoms with Crippen molar-refractivity contribution in [3.8, 4) is 17.0 Å². The zero-order valence-electron chi connectivity index (χ0n) is 19.6. The van der Waals surface area contributed by atoms with Crippen molar-refractivity contribution in [2.24, 2.45) is 0 Å². The van der Waals surface area contributed by atoms with E-state index in [-0.39, 0.29) is 16.6 Å². The lowest BCUT2D eigenvalue weighted by atomic mass is 10.1. The number of methoxy groups -OCH3 is 1. The average molecular weight is 488 g/mol. The van der Waals surface area contributed by atoms with Gasteiger partial charge in [-0.25, -0.2) is 8.42 Å². The van der Waals surface area contributed by atoms with Gasteiger partial charge in [0.25, 0.3) is 15.9 Å². The van der Waals surface area contributed by atoms with Gasteiger partial charge in [0.1, 0.15) is 10.6 Å². The normalized spacial score (nSPS) is 11.1. The number of aromatic nitrogens is 1. The Morgan fingerprint density at radius 3 is 2.29 bits per heavy atom. The van der Waals surface area contributed by atoms with Gasteiger partial charge in [0, 0.05) is 23.0 Å². The molecule has 7 nitrogen and oxygen atoms in total. The Labute approximate surface area is 204 Å². The van der Waals surface area contributed by atoms with Crippen LogP contribution in [-0.2, 0) is 10.0 Å². The second-order valence-electron chi connectivity index (χ2n) is 7.99. The summed E-state index contributed by atoms with van der Waals surface area (Å²) in [4.78, 5) is 17.2. The van der Waals surface area contributed by atoms with Gasteiger partial charge in [-0.15, -0.1) is 0 Å². The molecule has 0 fully saturated rings. The fourth-order valence-electron chi connectivity index (χ4n) is 3.67. The number of pyridine rings is 1. The van der Waals surface area contributed by atoms with Crippen molar-refractivity contribution < 1.29 is 17.9 Å². The maximum absolute atomic E-state index is 13.3. The summed E-state index contributed by atoms with van der Waals surface area (Å²) >= 11 is 0. The first-order chi connectivity index (χ1) is 16.8. The van der Waals surface area contributed by atoms with Crippen LogP contribution in [0.2, 0.25) is 0 Å². The third-order valence-corrected chi connectivity index (χ3v) is 6.89. The summed E-state index contributed by atoms with van der Waals surface area (Å²) in [6.45, 7) is 3.66. The molecule has 1 heterocycles. The number of hydrogen-bond donors (Lipinski definition) is 2. The number of hydrogen-bond acceptors (Lipinski definition) is 5. The molecule has 178 valence electrons. The van der Waals surface area contributed by atoms with Gasteiger partial charge in [0.15, 0.2) is 0 Å². The van der Waals surface area contributed by atoms with E-state index in [2.05, 4.69) is 15.0 Å². The van der Waals surface area contributed by atoms with Gasteiger partial charge in [0.05, 0.1) is 18.5 Å². The molecule has 8 heteroatoms. The largest absolute Gasteiger partial charge is 0.495 e. The molecule has 0 aliphatic rings. The Kier molecular flexibility index (Phi) is 6.84. The molecule has 1 aromatic heterocycles. The number of aryl methyl sites for hydroxylation is 2. The smallest absolute Gasteiger partial charge is 0.265 e. The number of nitrogens with zero attached hydrogens (tertiary/aromatic N) is 1. The molecule has 0 radical (unpaired) electrons. The Balaban J connectivity index is 1.62. The van der Waals surface area contributed by atoms with Crippen LogP contribution in [0.25, 0.3) is 11.3 Å². The molecule has 0 bridgehead atoms. The molecule has 0 saturated carbocycles. The van der Waals surface area contributed by atoms with Crippen molar-refractivity contribution in [1.82, 2.24) is 4.98 Å². The second-order valence-corrected chi connectivity index (χ2v) is 9.64. The van der Waals surface area contributed by atoms with E-state index >= 15 is 0 Å². The maximum Gasteiger partial charge on any atom is 0.265 e. The van der Waals surface area contributed by atoms with Crippen LogP contribution in [0, 0.1) is 13.8 Å². The molecule has 1 amide bonds. The number of carbonyl (C=O) groups is 1. The first-order valence-electron chi connectivity index (χ1n) is 10.9. The maximum atomic E-state index is 13.3. The molecule has 0 unspecified atom stereocenters. The quantitative estimate of drug-likeness (QED) is 0.362. The Bertz CT molecular complexity index is 1470. The van der Waals surface area contributed by atoms with E-state index in [9.17, 15) is 13.2 Å². The third-order valence-electron chi connectivity index (χ3n) is 5.52. The summed E-state index contributed by atoms with van der Waals surface area (Å²) in [6.07, 6.45) is 1.57. The van der Waals surface area contributed by atoms with E-state index in [1.54, 1.807) is 24.4 Å². The molecule has 0 spiro atoms. The number of carbonyl (C=O) groups excluding carboxylic acids is 1.